The number of carbonyl (C=O) groups is 1. The first-order chi connectivity index (χ1) is 13.1. The molecule has 1 N–H and O–H groups in total. The van der Waals surface area contributed by atoms with Crippen LogP contribution in [-0.2, 0) is 6.42 Å². The summed E-state index contributed by atoms with van der Waals surface area (Å²) >= 11 is 0. The number of hydrogen-bond donors (Lipinski definition) is 1. The van der Waals surface area contributed by atoms with E-state index in [9.17, 15) is 4.79 Å². The van der Waals surface area contributed by atoms with Crippen molar-refractivity contribution >= 4 is 16.9 Å². The van der Waals surface area contributed by atoms with Crippen molar-refractivity contribution in [3.63, 3.8) is 0 Å². The fourth-order valence-corrected chi connectivity index (χ4v) is 3.48. The predicted molar refractivity (Wildman–Crippen MR) is 90.4 cm³/mol. The molecular formula is C18H14FN5O3. The number of nitrogens with zero attached hydrogens (tertiary/aromatic N) is 4. The molecule has 0 bridgehead atoms. The first-order valence-corrected chi connectivity index (χ1v) is 8.43. The highest BCUT2D eigenvalue weighted by Crippen LogP contribution is 2.39. The number of para-hydroxylation sites is 1. The smallest absolute Gasteiger partial charge is 0.312 e. The molecule has 3 aromatic heterocycles. The summed E-state index contributed by atoms with van der Waals surface area (Å²) in [5.41, 5.74) is 1.79. The van der Waals surface area contributed by atoms with Crippen molar-refractivity contribution in [2.24, 2.45) is 0 Å². The molecule has 4 heterocycles. The number of hydrogen-bond acceptors (Lipinski definition) is 6. The normalized spacial score (nSPS) is 16.7. The van der Waals surface area contributed by atoms with E-state index >= 15 is 4.39 Å². The van der Waals surface area contributed by atoms with E-state index in [1.165, 1.54) is 11.2 Å². The van der Waals surface area contributed by atoms with Crippen LogP contribution in [0.4, 0.5) is 4.39 Å². The lowest BCUT2D eigenvalue weighted by Crippen LogP contribution is -2.41. The summed E-state index contributed by atoms with van der Waals surface area (Å²) in [4.78, 5) is 21.8. The van der Waals surface area contributed by atoms with Gasteiger partial charge in [0.25, 0.3) is 0 Å². The summed E-state index contributed by atoms with van der Waals surface area (Å²) in [6, 6.07) is 5.99. The number of amides is 1. The number of benzene rings is 1. The maximum Gasteiger partial charge on any atom is 0.312 e. The molecule has 0 saturated carbocycles. The number of rotatable bonds is 2. The number of nitrogens with one attached hydrogen (secondary N) is 1. The number of aromatic nitrogens is 4. The van der Waals surface area contributed by atoms with Gasteiger partial charge in [0.1, 0.15) is 11.6 Å². The van der Waals surface area contributed by atoms with Crippen LogP contribution in [0.1, 0.15) is 39.8 Å². The summed E-state index contributed by atoms with van der Waals surface area (Å²) in [6.45, 7) is 1.93. The van der Waals surface area contributed by atoms with E-state index in [0.29, 0.717) is 29.6 Å². The third-order valence-corrected chi connectivity index (χ3v) is 4.70. The number of carbonyl (C=O) groups excluding carboxylic acids is 1. The molecule has 136 valence electrons. The van der Waals surface area contributed by atoms with Gasteiger partial charge >= 0.3 is 11.8 Å². The Morgan fingerprint density at radius 1 is 1.30 bits per heavy atom. The maximum atomic E-state index is 15.1. The molecule has 4 aromatic rings. The highest BCUT2D eigenvalue weighted by Gasteiger charge is 2.40. The van der Waals surface area contributed by atoms with Crippen LogP contribution in [0.3, 0.4) is 0 Å². The molecule has 0 spiro atoms. The lowest BCUT2D eigenvalue weighted by atomic mass is 9.99. The van der Waals surface area contributed by atoms with Gasteiger partial charge in [-0.25, -0.2) is 9.37 Å². The zero-order chi connectivity index (χ0) is 18.5. The van der Waals surface area contributed by atoms with Crippen molar-refractivity contribution in [2.45, 2.75) is 19.4 Å². The minimum absolute atomic E-state index is 0.0360. The van der Waals surface area contributed by atoms with Crippen LogP contribution in [0, 0.1) is 12.7 Å². The Bertz CT molecular complexity index is 1160. The van der Waals surface area contributed by atoms with Crippen molar-refractivity contribution in [3.8, 4) is 0 Å². The number of halogens is 1. The van der Waals surface area contributed by atoms with E-state index in [1.807, 2.05) is 0 Å². The van der Waals surface area contributed by atoms with E-state index in [2.05, 4.69) is 20.2 Å². The molecule has 0 radical (unpaired) electrons. The van der Waals surface area contributed by atoms with E-state index in [0.717, 1.165) is 5.69 Å². The standard InChI is InChI=1S/C18H14FN5O3/c1-9-22-23-17(26-9)18(25)24-7-6-11-14(21-8-20-11)15(24)16-13(19)10-4-2-3-5-12(10)27-16/h2-5,8,15H,6-7H2,1H3,(H,20,21)/t15-/m1/s1. The molecule has 1 aliphatic rings. The van der Waals surface area contributed by atoms with Crippen LogP contribution in [0.25, 0.3) is 11.0 Å². The molecule has 0 saturated heterocycles. The third-order valence-electron chi connectivity index (χ3n) is 4.70. The van der Waals surface area contributed by atoms with Crippen LogP contribution in [0.5, 0.6) is 0 Å². The van der Waals surface area contributed by atoms with Crippen LogP contribution in [0.2, 0.25) is 0 Å². The third kappa shape index (κ3) is 2.35. The first-order valence-electron chi connectivity index (χ1n) is 8.43. The topological polar surface area (TPSA) is 101 Å². The lowest BCUT2D eigenvalue weighted by Gasteiger charge is -2.32. The number of fused-ring (bicyclic) bond motifs is 2. The second-order valence-electron chi connectivity index (χ2n) is 6.32. The maximum absolute atomic E-state index is 15.1. The molecule has 1 aliphatic heterocycles. The van der Waals surface area contributed by atoms with E-state index in [-0.39, 0.29) is 17.5 Å². The molecule has 0 unspecified atom stereocenters. The van der Waals surface area contributed by atoms with E-state index in [1.54, 1.807) is 31.2 Å². The molecule has 8 nitrogen and oxygen atoms in total. The summed E-state index contributed by atoms with van der Waals surface area (Å²) < 4.78 is 26.2. The SMILES string of the molecule is Cc1nnc(C(=O)N2CCc3[nH]cnc3[C@@H]2c2oc3ccccc3c2F)o1. The Kier molecular flexibility index (Phi) is 3.36. The average molecular weight is 367 g/mol. The van der Waals surface area contributed by atoms with Crippen LogP contribution >= 0.6 is 0 Å². The molecule has 27 heavy (non-hydrogen) atoms. The van der Waals surface area contributed by atoms with Crippen LogP contribution in [-0.4, -0.2) is 37.5 Å². The number of furan rings is 1. The van der Waals surface area contributed by atoms with Crippen molar-refractivity contribution in [1.29, 1.82) is 0 Å². The fourth-order valence-electron chi connectivity index (χ4n) is 3.48. The summed E-state index contributed by atoms with van der Waals surface area (Å²) in [5, 5.41) is 7.86. The summed E-state index contributed by atoms with van der Waals surface area (Å²) in [5.74, 6) is -0.829. The Morgan fingerprint density at radius 3 is 2.93 bits per heavy atom. The second kappa shape index (κ2) is 5.76. The van der Waals surface area contributed by atoms with Gasteiger partial charge in [0.05, 0.1) is 17.4 Å². The second-order valence-corrected chi connectivity index (χ2v) is 6.32. The van der Waals surface area contributed by atoms with Gasteiger partial charge in [-0.1, -0.05) is 12.1 Å². The Labute approximate surface area is 152 Å². The summed E-state index contributed by atoms with van der Waals surface area (Å²) in [7, 11) is 0. The van der Waals surface area contributed by atoms with Gasteiger partial charge in [-0.15, -0.1) is 10.2 Å². The van der Waals surface area contributed by atoms with Gasteiger partial charge in [-0.2, -0.15) is 0 Å². The van der Waals surface area contributed by atoms with Gasteiger partial charge in [0.15, 0.2) is 11.6 Å². The molecule has 5 rings (SSSR count). The molecular weight excluding hydrogens is 353 g/mol. The number of aromatic amines is 1. The monoisotopic (exact) mass is 367 g/mol. The molecule has 0 aliphatic carbocycles. The Balaban J connectivity index is 1.67. The molecule has 0 fully saturated rings. The number of aryl methyl sites for hydroxylation is 1. The number of H-pyrrole nitrogens is 1. The van der Waals surface area contributed by atoms with Gasteiger partial charge in [-0.3, -0.25) is 4.79 Å². The Hall–Kier alpha value is -3.49. The molecule has 1 amide bonds. The summed E-state index contributed by atoms with van der Waals surface area (Å²) in [6.07, 6.45) is 2.08. The molecule has 1 aromatic carbocycles. The minimum atomic E-state index is -0.827. The van der Waals surface area contributed by atoms with Gasteiger partial charge in [0.2, 0.25) is 5.89 Å². The minimum Gasteiger partial charge on any atom is -0.455 e. The molecule has 9 heteroatoms. The Morgan fingerprint density at radius 2 is 2.15 bits per heavy atom. The van der Waals surface area contributed by atoms with Gasteiger partial charge in [-0.05, 0) is 12.1 Å². The zero-order valence-corrected chi connectivity index (χ0v) is 14.3. The zero-order valence-electron chi connectivity index (χ0n) is 14.3. The van der Waals surface area contributed by atoms with Gasteiger partial charge < -0.3 is 18.7 Å². The molecule has 1 atom stereocenters. The predicted octanol–water partition coefficient (Wildman–Crippen LogP) is 2.77. The number of imidazole rings is 1. The van der Waals surface area contributed by atoms with Crippen molar-refractivity contribution in [1.82, 2.24) is 25.1 Å². The first kappa shape index (κ1) is 15.7. The average Bonchev–Trinajstić information content (AvgIpc) is 3.39. The highest BCUT2D eigenvalue weighted by atomic mass is 19.1. The highest BCUT2D eigenvalue weighted by molar-refractivity contribution is 5.90. The van der Waals surface area contributed by atoms with Gasteiger partial charge in [0, 0.05) is 25.6 Å². The lowest BCUT2D eigenvalue weighted by molar-refractivity contribution is 0.0626. The van der Waals surface area contributed by atoms with Crippen molar-refractivity contribution < 1.29 is 18.0 Å². The van der Waals surface area contributed by atoms with Crippen LogP contribution < -0.4 is 0 Å². The van der Waals surface area contributed by atoms with Crippen molar-refractivity contribution in [3.05, 3.63) is 65.3 Å². The largest absolute Gasteiger partial charge is 0.455 e. The fraction of sp³-hybridized carbons (Fsp3) is 0.222. The van der Waals surface area contributed by atoms with Crippen molar-refractivity contribution in [2.75, 3.05) is 6.54 Å². The van der Waals surface area contributed by atoms with E-state index < -0.39 is 17.8 Å². The van der Waals surface area contributed by atoms with E-state index in [4.69, 9.17) is 8.83 Å². The van der Waals surface area contributed by atoms with Crippen LogP contribution in [0.15, 0.2) is 39.4 Å². The quantitative estimate of drug-likeness (QED) is 0.585.